The van der Waals surface area contributed by atoms with Crippen molar-refractivity contribution >= 4 is 15.7 Å². The summed E-state index contributed by atoms with van der Waals surface area (Å²) in [7, 11) is -3.52. The molecule has 0 amide bonds. The second-order valence-electron chi connectivity index (χ2n) is 5.82. The highest BCUT2D eigenvalue weighted by Gasteiger charge is 2.22. The number of hydrogen-bond donors (Lipinski definition) is 2. The summed E-state index contributed by atoms with van der Waals surface area (Å²) in [5, 5.41) is 3.33. The zero-order valence-electron chi connectivity index (χ0n) is 12.7. The van der Waals surface area contributed by atoms with Crippen LogP contribution in [0.15, 0.2) is 53.4 Å². The number of rotatable bonds is 4. The van der Waals surface area contributed by atoms with Crippen LogP contribution in [0.1, 0.15) is 31.0 Å². The lowest BCUT2D eigenvalue weighted by Crippen LogP contribution is -2.26. The van der Waals surface area contributed by atoms with E-state index in [4.69, 9.17) is 0 Å². The van der Waals surface area contributed by atoms with Gasteiger partial charge in [0.15, 0.2) is 0 Å². The molecule has 3 rings (SSSR count). The Morgan fingerprint density at radius 2 is 1.91 bits per heavy atom. The molecule has 0 spiro atoms. The lowest BCUT2D eigenvalue weighted by atomic mass is 10.1. The van der Waals surface area contributed by atoms with Crippen LogP contribution in [-0.2, 0) is 16.4 Å². The topological polar surface area (TPSA) is 58.2 Å². The number of anilines is 1. The van der Waals surface area contributed by atoms with Gasteiger partial charge in [-0.2, -0.15) is 0 Å². The van der Waals surface area contributed by atoms with E-state index in [0.29, 0.717) is 10.9 Å². The molecule has 2 atom stereocenters. The zero-order chi connectivity index (χ0) is 15.7. The normalized spacial score (nSPS) is 18.5. The average molecular weight is 316 g/mol. The third-order valence-electron chi connectivity index (χ3n) is 3.95. The highest BCUT2D eigenvalue weighted by atomic mass is 32.2. The van der Waals surface area contributed by atoms with E-state index in [1.807, 2.05) is 43.3 Å². The molecule has 0 unspecified atom stereocenters. The molecule has 116 valence electrons. The quantitative estimate of drug-likeness (QED) is 0.911. The fraction of sp³-hybridized carbons (Fsp3) is 0.294. The van der Waals surface area contributed by atoms with Gasteiger partial charge in [0, 0.05) is 17.8 Å². The lowest BCUT2D eigenvalue weighted by Gasteiger charge is -2.15. The van der Waals surface area contributed by atoms with Crippen molar-refractivity contribution in [3.05, 3.63) is 59.7 Å². The molecule has 0 aliphatic carbocycles. The molecular formula is C17H20N2O2S. The maximum atomic E-state index is 12.6. The average Bonchev–Trinajstić information content (AvgIpc) is 2.86. The Labute approximate surface area is 131 Å². The Kier molecular flexibility index (Phi) is 3.93. The Hall–Kier alpha value is -1.85. The number of nitrogens with one attached hydrogen (secondary N) is 2. The number of benzene rings is 2. The van der Waals surface area contributed by atoms with E-state index in [-0.39, 0.29) is 6.04 Å². The van der Waals surface area contributed by atoms with Gasteiger partial charge >= 0.3 is 0 Å². The van der Waals surface area contributed by atoms with E-state index >= 15 is 0 Å². The van der Waals surface area contributed by atoms with E-state index in [1.54, 1.807) is 12.1 Å². The van der Waals surface area contributed by atoms with E-state index < -0.39 is 10.0 Å². The SMILES string of the molecule is C[C@H]1Cc2cc(S(=O)(=O)N[C@H](C)c3ccccc3)ccc2N1. The second-order valence-corrected chi connectivity index (χ2v) is 7.54. The molecule has 5 heteroatoms. The largest absolute Gasteiger partial charge is 0.382 e. The maximum absolute atomic E-state index is 12.6. The summed E-state index contributed by atoms with van der Waals surface area (Å²) < 4.78 is 27.9. The van der Waals surface area contributed by atoms with E-state index in [2.05, 4.69) is 17.0 Å². The van der Waals surface area contributed by atoms with E-state index in [1.165, 1.54) is 0 Å². The monoisotopic (exact) mass is 316 g/mol. The van der Waals surface area contributed by atoms with Crippen LogP contribution < -0.4 is 10.0 Å². The summed E-state index contributed by atoms with van der Waals surface area (Å²) in [5.41, 5.74) is 3.04. The first-order valence-corrected chi connectivity index (χ1v) is 8.91. The fourth-order valence-corrected chi connectivity index (χ4v) is 4.09. The van der Waals surface area contributed by atoms with Crippen molar-refractivity contribution in [3.8, 4) is 0 Å². The summed E-state index contributed by atoms with van der Waals surface area (Å²) in [6.45, 7) is 3.94. The molecule has 0 fully saturated rings. The Bertz CT molecular complexity index is 773. The Morgan fingerprint density at radius 1 is 1.18 bits per heavy atom. The van der Waals surface area contributed by atoms with Gasteiger partial charge in [0.05, 0.1) is 4.90 Å². The predicted octanol–water partition coefficient (Wildman–Crippen LogP) is 3.08. The van der Waals surface area contributed by atoms with Gasteiger partial charge in [0.1, 0.15) is 0 Å². The number of hydrogen-bond acceptors (Lipinski definition) is 3. The molecule has 0 saturated carbocycles. The molecule has 0 bridgehead atoms. The highest BCUT2D eigenvalue weighted by Crippen LogP contribution is 2.28. The van der Waals surface area contributed by atoms with Gasteiger partial charge in [-0.25, -0.2) is 13.1 Å². The summed E-state index contributed by atoms with van der Waals surface area (Å²) in [4.78, 5) is 0.324. The molecule has 22 heavy (non-hydrogen) atoms. The molecule has 0 saturated heterocycles. The molecule has 1 heterocycles. The van der Waals surface area contributed by atoms with Crippen molar-refractivity contribution in [2.75, 3.05) is 5.32 Å². The molecule has 2 aromatic rings. The number of fused-ring (bicyclic) bond motifs is 1. The molecule has 0 aromatic heterocycles. The third-order valence-corrected chi connectivity index (χ3v) is 5.48. The fourth-order valence-electron chi connectivity index (χ4n) is 2.80. The molecule has 1 aliphatic heterocycles. The van der Waals surface area contributed by atoms with Crippen molar-refractivity contribution in [2.24, 2.45) is 0 Å². The number of sulfonamides is 1. The van der Waals surface area contributed by atoms with Gasteiger partial charge in [0.25, 0.3) is 0 Å². The van der Waals surface area contributed by atoms with Crippen LogP contribution in [0.25, 0.3) is 0 Å². The van der Waals surface area contributed by atoms with E-state index in [0.717, 1.165) is 23.2 Å². The van der Waals surface area contributed by atoms with Crippen LogP contribution >= 0.6 is 0 Å². The van der Waals surface area contributed by atoms with Crippen molar-refractivity contribution in [1.82, 2.24) is 4.72 Å². The van der Waals surface area contributed by atoms with Gasteiger partial charge in [-0.05, 0) is 49.6 Å². The smallest absolute Gasteiger partial charge is 0.241 e. The van der Waals surface area contributed by atoms with Gasteiger partial charge in [-0.15, -0.1) is 0 Å². The van der Waals surface area contributed by atoms with Gasteiger partial charge in [-0.1, -0.05) is 30.3 Å². The summed E-state index contributed by atoms with van der Waals surface area (Å²) in [5.74, 6) is 0. The summed E-state index contributed by atoms with van der Waals surface area (Å²) >= 11 is 0. The van der Waals surface area contributed by atoms with Crippen LogP contribution in [0.4, 0.5) is 5.69 Å². The van der Waals surface area contributed by atoms with Gasteiger partial charge in [-0.3, -0.25) is 0 Å². The van der Waals surface area contributed by atoms with Crippen molar-refractivity contribution in [3.63, 3.8) is 0 Å². The molecule has 2 aromatic carbocycles. The van der Waals surface area contributed by atoms with Crippen LogP contribution in [0.2, 0.25) is 0 Å². The summed E-state index contributed by atoms with van der Waals surface area (Å²) in [6.07, 6.45) is 0.854. The van der Waals surface area contributed by atoms with Crippen molar-refractivity contribution < 1.29 is 8.42 Å². The maximum Gasteiger partial charge on any atom is 0.241 e. The van der Waals surface area contributed by atoms with Crippen LogP contribution in [0, 0.1) is 0 Å². The Morgan fingerprint density at radius 3 is 2.64 bits per heavy atom. The molecule has 1 aliphatic rings. The standard InChI is InChI=1S/C17H20N2O2S/c1-12-10-15-11-16(8-9-17(15)18-12)22(20,21)19-13(2)14-6-4-3-5-7-14/h3-9,11-13,18-19H,10H2,1-2H3/t12-,13+/m0/s1. The van der Waals surface area contributed by atoms with Crippen molar-refractivity contribution in [2.45, 2.75) is 37.2 Å². The van der Waals surface area contributed by atoms with Crippen LogP contribution in [0.3, 0.4) is 0 Å². The first-order chi connectivity index (χ1) is 10.5. The minimum Gasteiger partial charge on any atom is -0.382 e. The third kappa shape index (κ3) is 3.00. The first kappa shape index (κ1) is 15.1. The van der Waals surface area contributed by atoms with Gasteiger partial charge in [0.2, 0.25) is 10.0 Å². The molecule has 4 nitrogen and oxygen atoms in total. The van der Waals surface area contributed by atoms with Gasteiger partial charge < -0.3 is 5.32 Å². The highest BCUT2D eigenvalue weighted by molar-refractivity contribution is 7.89. The van der Waals surface area contributed by atoms with Crippen LogP contribution in [0.5, 0.6) is 0 Å². The second kappa shape index (κ2) is 5.74. The first-order valence-electron chi connectivity index (χ1n) is 7.42. The zero-order valence-corrected chi connectivity index (χ0v) is 13.5. The molecule has 0 radical (unpaired) electrons. The molecule has 2 N–H and O–H groups in total. The van der Waals surface area contributed by atoms with Crippen LogP contribution in [-0.4, -0.2) is 14.5 Å². The Balaban J connectivity index is 1.83. The predicted molar refractivity (Wildman–Crippen MR) is 88.4 cm³/mol. The lowest BCUT2D eigenvalue weighted by molar-refractivity contribution is 0.567. The van der Waals surface area contributed by atoms with E-state index in [9.17, 15) is 8.42 Å². The summed E-state index contributed by atoms with van der Waals surface area (Å²) in [6, 6.07) is 14.9. The molecular weight excluding hydrogens is 296 g/mol. The van der Waals surface area contributed by atoms with Crippen molar-refractivity contribution in [1.29, 1.82) is 0 Å². The minimum atomic E-state index is -3.52. The minimum absolute atomic E-state index is 0.267.